The van der Waals surface area contributed by atoms with E-state index in [1.807, 2.05) is 30.4 Å². The highest BCUT2D eigenvalue weighted by molar-refractivity contribution is 6.35. The highest BCUT2D eigenvalue weighted by Gasteiger charge is 2.37. The second kappa shape index (κ2) is 6.37. The molecule has 4 rings (SSSR count). The quantitative estimate of drug-likeness (QED) is 0.678. The lowest BCUT2D eigenvalue weighted by molar-refractivity contribution is 0.0926. The fourth-order valence-electron chi connectivity index (χ4n) is 2.95. The molecule has 128 valence electrons. The van der Waals surface area contributed by atoms with Crippen molar-refractivity contribution in [2.24, 2.45) is 0 Å². The molecule has 0 bridgehead atoms. The molecule has 0 unspecified atom stereocenters. The Balaban J connectivity index is 1.70. The Morgan fingerprint density at radius 3 is 2.42 bits per heavy atom. The third-order valence-electron chi connectivity index (χ3n) is 4.22. The Labute approximate surface area is 150 Å². The van der Waals surface area contributed by atoms with Crippen LogP contribution in [0.15, 0.2) is 78.6 Å². The largest absolute Gasteiger partial charge is 0.457 e. The molecule has 1 aliphatic carbocycles. The van der Waals surface area contributed by atoms with Crippen molar-refractivity contribution >= 4 is 23.2 Å². The number of nitrogens with zero attached hydrogens (tertiary/aromatic N) is 1. The molecule has 0 atom stereocenters. The van der Waals surface area contributed by atoms with Gasteiger partial charge in [0.1, 0.15) is 11.5 Å². The monoisotopic (exact) mass is 344 g/mol. The van der Waals surface area contributed by atoms with Gasteiger partial charge >= 0.3 is 0 Å². The smallest absolute Gasteiger partial charge is 0.266 e. The zero-order chi connectivity index (χ0) is 18.1. The summed E-state index contributed by atoms with van der Waals surface area (Å²) >= 11 is 0. The van der Waals surface area contributed by atoms with Crippen molar-refractivity contribution in [2.45, 2.75) is 6.42 Å². The van der Waals surface area contributed by atoms with Gasteiger partial charge in [0.05, 0.1) is 22.5 Å². The number of rotatable bonds is 3. The number of carbonyl (C=O) groups is 2. The van der Waals surface area contributed by atoms with Crippen LogP contribution in [0.3, 0.4) is 0 Å². The molecule has 0 radical (unpaired) electrons. The van der Waals surface area contributed by atoms with Crippen LogP contribution >= 0.6 is 0 Å². The number of anilines is 2. The van der Waals surface area contributed by atoms with Crippen molar-refractivity contribution in [3.8, 4) is 5.75 Å². The summed E-state index contributed by atoms with van der Waals surface area (Å²) in [5.41, 5.74) is 7.45. The molecule has 0 aromatic heterocycles. The number of amides is 2. The van der Waals surface area contributed by atoms with Gasteiger partial charge in [0.25, 0.3) is 11.8 Å². The molecular formula is C21H16N2O3. The number of imide groups is 1. The van der Waals surface area contributed by atoms with Crippen molar-refractivity contribution in [3.63, 3.8) is 0 Å². The predicted octanol–water partition coefficient (Wildman–Crippen LogP) is 3.85. The molecule has 5 heteroatoms. The van der Waals surface area contributed by atoms with Crippen LogP contribution in [0.25, 0.3) is 0 Å². The first kappa shape index (κ1) is 15.9. The fraction of sp³-hybridized carbons (Fsp3) is 0.0476. The number of hydrogen-bond acceptors (Lipinski definition) is 4. The zero-order valence-electron chi connectivity index (χ0n) is 13.9. The molecule has 2 aromatic rings. The number of allylic oxidation sites excluding steroid dienone is 5. The van der Waals surface area contributed by atoms with E-state index >= 15 is 0 Å². The summed E-state index contributed by atoms with van der Waals surface area (Å²) in [5.74, 6) is 0.394. The van der Waals surface area contributed by atoms with E-state index in [4.69, 9.17) is 10.5 Å². The van der Waals surface area contributed by atoms with E-state index in [0.29, 0.717) is 34.0 Å². The Kier molecular flexibility index (Phi) is 3.89. The number of fused-ring (bicyclic) bond motifs is 1. The maximum absolute atomic E-state index is 12.7. The molecule has 0 spiro atoms. The summed E-state index contributed by atoms with van der Waals surface area (Å²) in [5, 5.41) is 0. The molecule has 5 nitrogen and oxygen atoms in total. The number of carbonyl (C=O) groups excluding carboxylic acids is 2. The van der Waals surface area contributed by atoms with Crippen molar-refractivity contribution in [1.29, 1.82) is 0 Å². The van der Waals surface area contributed by atoms with Gasteiger partial charge in [-0.15, -0.1) is 0 Å². The minimum Gasteiger partial charge on any atom is -0.457 e. The summed E-state index contributed by atoms with van der Waals surface area (Å²) in [6, 6.07) is 11.7. The van der Waals surface area contributed by atoms with Gasteiger partial charge in [-0.25, -0.2) is 4.90 Å². The number of hydrogen-bond donors (Lipinski definition) is 1. The second-order valence-corrected chi connectivity index (χ2v) is 5.95. The highest BCUT2D eigenvalue weighted by atomic mass is 16.5. The third-order valence-corrected chi connectivity index (χ3v) is 4.22. The van der Waals surface area contributed by atoms with Gasteiger partial charge in [-0.2, -0.15) is 0 Å². The molecule has 26 heavy (non-hydrogen) atoms. The minimum atomic E-state index is -0.383. The predicted molar refractivity (Wildman–Crippen MR) is 100 cm³/mol. The fourth-order valence-corrected chi connectivity index (χ4v) is 2.95. The molecule has 2 aliphatic rings. The normalized spacial score (nSPS) is 15.7. The standard InChI is InChI=1S/C21H16N2O3/c22-18-12-11-15(26-14-7-3-1-2-4-8-14)13-19(18)23-20(24)16-9-5-6-10-17(16)21(23)25/h1,3-13H,2,22H2. The van der Waals surface area contributed by atoms with E-state index in [9.17, 15) is 9.59 Å². The highest BCUT2D eigenvalue weighted by Crippen LogP contribution is 2.35. The zero-order valence-corrected chi connectivity index (χ0v) is 13.9. The van der Waals surface area contributed by atoms with Crippen molar-refractivity contribution < 1.29 is 14.3 Å². The molecule has 0 saturated carbocycles. The minimum absolute atomic E-state index is 0.322. The van der Waals surface area contributed by atoms with Crippen LogP contribution in [0.4, 0.5) is 11.4 Å². The van der Waals surface area contributed by atoms with Gasteiger partial charge in [0.2, 0.25) is 0 Å². The Bertz CT molecular complexity index is 967. The summed E-state index contributed by atoms with van der Waals surface area (Å²) < 4.78 is 5.86. The summed E-state index contributed by atoms with van der Waals surface area (Å²) in [6.07, 6.45) is 10.5. The number of ether oxygens (including phenoxy) is 1. The van der Waals surface area contributed by atoms with E-state index < -0.39 is 0 Å². The summed E-state index contributed by atoms with van der Waals surface area (Å²) in [7, 11) is 0. The first-order chi connectivity index (χ1) is 12.6. The lowest BCUT2D eigenvalue weighted by Gasteiger charge is -2.17. The van der Waals surface area contributed by atoms with Crippen LogP contribution in [-0.4, -0.2) is 11.8 Å². The van der Waals surface area contributed by atoms with Crippen LogP contribution in [-0.2, 0) is 0 Å². The van der Waals surface area contributed by atoms with Crippen LogP contribution in [0.1, 0.15) is 27.1 Å². The van der Waals surface area contributed by atoms with E-state index in [1.165, 1.54) is 0 Å². The number of benzene rings is 2. The van der Waals surface area contributed by atoms with Gasteiger partial charge in [0, 0.05) is 6.07 Å². The summed E-state index contributed by atoms with van der Waals surface area (Å²) in [4.78, 5) is 26.5. The molecular weight excluding hydrogens is 328 g/mol. The molecule has 0 saturated heterocycles. The lowest BCUT2D eigenvalue weighted by Crippen LogP contribution is -2.30. The average Bonchev–Trinajstić information content (AvgIpc) is 2.82. The Morgan fingerprint density at radius 1 is 0.962 bits per heavy atom. The number of nitrogens with two attached hydrogens (primary N) is 1. The van der Waals surface area contributed by atoms with Crippen molar-refractivity contribution in [1.82, 2.24) is 0 Å². The van der Waals surface area contributed by atoms with E-state index in [-0.39, 0.29) is 11.8 Å². The maximum Gasteiger partial charge on any atom is 0.266 e. The van der Waals surface area contributed by atoms with E-state index in [0.717, 1.165) is 11.3 Å². The van der Waals surface area contributed by atoms with Crippen LogP contribution in [0.5, 0.6) is 5.75 Å². The van der Waals surface area contributed by atoms with Gasteiger partial charge < -0.3 is 10.5 Å². The third kappa shape index (κ3) is 2.69. The topological polar surface area (TPSA) is 72.6 Å². The maximum atomic E-state index is 12.7. The SMILES string of the molecule is Nc1ccc(OC2=CC=CCC=C2)cc1N1C(=O)c2ccccc2C1=O. The molecule has 2 N–H and O–H groups in total. The van der Waals surface area contributed by atoms with Gasteiger partial charge in [-0.05, 0) is 42.8 Å². The van der Waals surface area contributed by atoms with Crippen LogP contribution < -0.4 is 15.4 Å². The molecule has 2 amide bonds. The first-order valence-electron chi connectivity index (χ1n) is 8.24. The first-order valence-corrected chi connectivity index (χ1v) is 8.24. The van der Waals surface area contributed by atoms with E-state index in [2.05, 4.69) is 0 Å². The molecule has 2 aromatic carbocycles. The molecule has 1 aliphatic heterocycles. The van der Waals surface area contributed by atoms with Gasteiger partial charge in [-0.1, -0.05) is 30.4 Å². The summed E-state index contributed by atoms with van der Waals surface area (Å²) in [6.45, 7) is 0. The second-order valence-electron chi connectivity index (χ2n) is 5.95. The van der Waals surface area contributed by atoms with Gasteiger partial charge in [0.15, 0.2) is 0 Å². The van der Waals surface area contributed by atoms with Crippen LogP contribution in [0, 0.1) is 0 Å². The average molecular weight is 344 g/mol. The molecule has 1 heterocycles. The van der Waals surface area contributed by atoms with Crippen molar-refractivity contribution in [2.75, 3.05) is 10.6 Å². The van der Waals surface area contributed by atoms with E-state index in [1.54, 1.807) is 42.5 Å². The lowest BCUT2D eigenvalue weighted by atomic mass is 10.1. The number of nitrogen functional groups attached to an aromatic ring is 1. The van der Waals surface area contributed by atoms with Crippen LogP contribution in [0.2, 0.25) is 0 Å². The Morgan fingerprint density at radius 2 is 1.69 bits per heavy atom. The van der Waals surface area contributed by atoms with Crippen molar-refractivity contribution in [3.05, 3.63) is 89.7 Å². The van der Waals surface area contributed by atoms with Gasteiger partial charge in [-0.3, -0.25) is 9.59 Å². The molecule has 0 fully saturated rings. The Hall–Kier alpha value is -3.60.